The van der Waals surface area contributed by atoms with Crippen LogP contribution in [-0.2, 0) is 0 Å². The van der Waals surface area contributed by atoms with Gasteiger partial charge in [-0.15, -0.1) is 5.10 Å². The molecule has 0 fully saturated rings. The molecule has 1 aromatic heterocycles. The Hall–Kier alpha value is -1.84. The zero-order valence-electron chi connectivity index (χ0n) is 8.60. The van der Waals surface area contributed by atoms with E-state index in [-0.39, 0.29) is 0 Å². The van der Waals surface area contributed by atoms with Gasteiger partial charge in [-0.1, -0.05) is 12.1 Å². The summed E-state index contributed by atoms with van der Waals surface area (Å²) in [7, 11) is 0. The van der Waals surface area contributed by atoms with Crippen molar-refractivity contribution >= 4 is 0 Å². The highest BCUT2D eigenvalue weighted by atomic mass is 16.5. The van der Waals surface area contributed by atoms with Crippen LogP contribution in [0, 0.1) is 0 Å². The Kier molecular flexibility index (Phi) is 2.97. The summed E-state index contributed by atoms with van der Waals surface area (Å²) < 4.78 is 5.48. The molecule has 1 heterocycles. The molecule has 2 aromatic rings. The van der Waals surface area contributed by atoms with Crippen LogP contribution in [0.3, 0.4) is 0 Å². The summed E-state index contributed by atoms with van der Waals surface area (Å²) >= 11 is 0. The van der Waals surface area contributed by atoms with E-state index in [1.807, 2.05) is 24.3 Å². The average molecular weight is 203 g/mol. The molecular weight excluding hydrogens is 190 g/mol. The average Bonchev–Trinajstić information content (AvgIpc) is 2.80. The van der Waals surface area contributed by atoms with E-state index >= 15 is 0 Å². The second-order valence-corrected chi connectivity index (χ2v) is 3.23. The van der Waals surface area contributed by atoms with Crippen LogP contribution in [0.4, 0.5) is 0 Å². The van der Waals surface area contributed by atoms with Gasteiger partial charge in [-0.05, 0) is 30.7 Å². The molecule has 0 saturated carbocycles. The summed E-state index contributed by atoms with van der Waals surface area (Å²) in [4.78, 5) is 0. The highest BCUT2D eigenvalue weighted by Crippen LogP contribution is 2.19. The van der Waals surface area contributed by atoms with Gasteiger partial charge < -0.3 is 4.74 Å². The predicted molar refractivity (Wildman–Crippen MR) is 57.6 cm³/mol. The van der Waals surface area contributed by atoms with Crippen LogP contribution < -0.4 is 4.74 Å². The quantitative estimate of drug-likeness (QED) is 0.829. The Labute approximate surface area is 88.3 Å². The normalized spacial score (nSPS) is 10.2. The molecule has 1 aromatic carbocycles. The monoisotopic (exact) mass is 203 g/mol. The fourth-order valence-electron chi connectivity index (χ4n) is 1.28. The zero-order valence-corrected chi connectivity index (χ0v) is 8.60. The molecule has 4 heteroatoms. The lowest BCUT2D eigenvalue weighted by Gasteiger charge is -2.04. The molecule has 0 aliphatic heterocycles. The summed E-state index contributed by atoms with van der Waals surface area (Å²) in [6.45, 7) is 2.84. The molecule has 78 valence electrons. The third kappa shape index (κ3) is 2.34. The van der Waals surface area contributed by atoms with Crippen LogP contribution in [0.1, 0.15) is 13.3 Å². The molecule has 0 spiro atoms. The molecular formula is C11H13N3O. The van der Waals surface area contributed by atoms with Crippen molar-refractivity contribution in [1.29, 1.82) is 0 Å². The Bertz CT molecular complexity index is 394. The van der Waals surface area contributed by atoms with Crippen molar-refractivity contribution in [3.05, 3.63) is 30.5 Å². The molecule has 0 bridgehead atoms. The number of hydrogen-bond donors (Lipinski definition) is 1. The Morgan fingerprint density at radius 3 is 2.67 bits per heavy atom. The third-order valence-electron chi connectivity index (χ3n) is 2.04. The second-order valence-electron chi connectivity index (χ2n) is 3.23. The maximum absolute atomic E-state index is 5.48. The van der Waals surface area contributed by atoms with E-state index in [1.54, 1.807) is 6.20 Å². The van der Waals surface area contributed by atoms with Gasteiger partial charge in [0.25, 0.3) is 0 Å². The summed E-state index contributed by atoms with van der Waals surface area (Å²) in [6.07, 6.45) is 2.78. The van der Waals surface area contributed by atoms with Crippen molar-refractivity contribution in [1.82, 2.24) is 15.4 Å². The number of nitrogens with zero attached hydrogens (tertiary/aromatic N) is 2. The van der Waals surface area contributed by atoms with E-state index in [9.17, 15) is 0 Å². The first-order valence-electron chi connectivity index (χ1n) is 5.00. The van der Waals surface area contributed by atoms with Crippen LogP contribution in [0.5, 0.6) is 5.75 Å². The van der Waals surface area contributed by atoms with Gasteiger partial charge in [0.15, 0.2) is 0 Å². The van der Waals surface area contributed by atoms with Gasteiger partial charge in [-0.2, -0.15) is 0 Å². The standard InChI is InChI=1S/C11H13N3O/c1-2-7-15-10-5-3-9(4-6-10)11-8-12-14-13-11/h3-6,8H,2,7H2,1H3,(H,12,13,14). The van der Waals surface area contributed by atoms with Crippen LogP contribution in [-0.4, -0.2) is 22.0 Å². The number of rotatable bonds is 4. The van der Waals surface area contributed by atoms with Crippen LogP contribution >= 0.6 is 0 Å². The predicted octanol–water partition coefficient (Wildman–Crippen LogP) is 2.26. The van der Waals surface area contributed by atoms with Gasteiger partial charge in [0, 0.05) is 11.8 Å². The van der Waals surface area contributed by atoms with Crippen molar-refractivity contribution in [2.45, 2.75) is 13.3 Å². The van der Waals surface area contributed by atoms with Crippen LogP contribution in [0.2, 0.25) is 0 Å². The van der Waals surface area contributed by atoms with Gasteiger partial charge in [-0.25, -0.2) is 0 Å². The first kappa shape index (κ1) is 9.71. The molecule has 15 heavy (non-hydrogen) atoms. The molecule has 1 N–H and O–H groups in total. The number of ether oxygens (including phenoxy) is 1. The Morgan fingerprint density at radius 2 is 2.07 bits per heavy atom. The number of benzene rings is 1. The van der Waals surface area contributed by atoms with E-state index in [1.165, 1.54) is 0 Å². The van der Waals surface area contributed by atoms with E-state index in [4.69, 9.17) is 4.74 Å². The minimum absolute atomic E-state index is 0.753. The highest BCUT2D eigenvalue weighted by Gasteiger charge is 2.00. The van der Waals surface area contributed by atoms with E-state index < -0.39 is 0 Å². The number of H-pyrrole nitrogens is 1. The van der Waals surface area contributed by atoms with Gasteiger partial charge in [-0.3, -0.25) is 5.10 Å². The zero-order chi connectivity index (χ0) is 10.5. The number of nitrogens with one attached hydrogen (secondary N) is 1. The summed E-state index contributed by atoms with van der Waals surface area (Å²) in [5.74, 6) is 0.893. The molecule has 0 saturated heterocycles. The maximum Gasteiger partial charge on any atom is 0.119 e. The van der Waals surface area contributed by atoms with Crippen LogP contribution in [0.25, 0.3) is 11.3 Å². The van der Waals surface area contributed by atoms with E-state index in [2.05, 4.69) is 22.3 Å². The maximum atomic E-state index is 5.48. The number of aromatic amines is 1. The minimum atomic E-state index is 0.753. The fourth-order valence-corrected chi connectivity index (χ4v) is 1.28. The van der Waals surface area contributed by atoms with E-state index in [0.29, 0.717) is 0 Å². The number of aromatic nitrogens is 3. The van der Waals surface area contributed by atoms with Gasteiger partial charge in [0.05, 0.1) is 6.61 Å². The third-order valence-corrected chi connectivity index (χ3v) is 2.04. The first-order chi connectivity index (χ1) is 7.40. The molecule has 2 rings (SSSR count). The summed E-state index contributed by atoms with van der Waals surface area (Å²) in [5, 5.41) is 10.3. The van der Waals surface area contributed by atoms with Crippen molar-refractivity contribution in [3.63, 3.8) is 0 Å². The van der Waals surface area contributed by atoms with Crippen molar-refractivity contribution in [2.24, 2.45) is 0 Å². The Balaban J connectivity index is 2.11. The minimum Gasteiger partial charge on any atom is -0.494 e. The topological polar surface area (TPSA) is 50.8 Å². The second kappa shape index (κ2) is 4.59. The lowest BCUT2D eigenvalue weighted by Crippen LogP contribution is -1.94. The van der Waals surface area contributed by atoms with Gasteiger partial charge in [0.1, 0.15) is 11.4 Å². The highest BCUT2D eigenvalue weighted by molar-refractivity contribution is 5.58. The van der Waals surface area contributed by atoms with Crippen LogP contribution in [0.15, 0.2) is 30.5 Å². The molecule has 0 amide bonds. The molecule has 4 nitrogen and oxygen atoms in total. The smallest absolute Gasteiger partial charge is 0.119 e. The fraction of sp³-hybridized carbons (Fsp3) is 0.273. The molecule has 0 aliphatic rings. The van der Waals surface area contributed by atoms with Crippen molar-refractivity contribution in [2.75, 3.05) is 6.61 Å². The largest absolute Gasteiger partial charge is 0.494 e. The summed E-state index contributed by atoms with van der Waals surface area (Å²) in [6, 6.07) is 7.84. The summed E-state index contributed by atoms with van der Waals surface area (Å²) in [5.41, 5.74) is 1.88. The molecule has 0 radical (unpaired) electrons. The molecule has 0 unspecified atom stereocenters. The van der Waals surface area contributed by atoms with Gasteiger partial charge >= 0.3 is 0 Å². The lowest BCUT2D eigenvalue weighted by atomic mass is 10.2. The van der Waals surface area contributed by atoms with Crippen molar-refractivity contribution in [3.8, 4) is 17.0 Å². The van der Waals surface area contributed by atoms with E-state index in [0.717, 1.165) is 30.0 Å². The van der Waals surface area contributed by atoms with Crippen molar-refractivity contribution < 1.29 is 4.74 Å². The number of hydrogen-bond acceptors (Lipinski definition) is 3. The van der Waals surface area contributed by atoms with Gasteiger partial charge in [0.2, 0.25) is 0 Å². The molecule has 0 atom stereocenters. The first-order valence-corrected chi connectivity index (χ1v) is 5.00. The Morgan fingerprint density at radius 1 is 1.27 bits per heavy atom. The SMILES string of the molecule is CCCOc1ccc(-c2c[nH]nn2)cc1. The molecule has 0 aliphatic carbocycles. The lowest BCUT2D eigenvalue weighted by molar-refractivity contribution is 0.317.